The number of ether oxygens (including phenoxy) is 2. The van der Waals surface area contributed by atoms with Crippen LogP contribution in [0.1, 0.15) is 36.1 Å². The van der Waals surface area contributed by atoms with Crippen LogP contribution in [0.15, 0.2) is 42.5 Å². The summed E-state index contributed by atoms with van der Waals surface area (Å²) in [6.45, 7) is 5.94. The van der Waals surface area contributed by atoms with Crippen molar-refractivity contribution >= 4 is 23.7 Å². The van der Waals surface area contributed by atoms with E-state index in [1.807, 2.05) is 37.3 Å². The zero-order chi connectivity index (χ0) is 21.4. The molecular formula is C22H26ClNO5. The molecule has 2 aromatic rings. The molecule has 1 amide bonds. The maximum atomic E-state index is 11.9. The molecule has 29 heavy (non-hydrogen) atoms. The number of halogens is 1. The molecule has 2 N–H and O–H groups in total. The molecule has 7 heteroatoms. The van der Waals surface area contributed by atoms with E-state index >= 15 is 0 Å². The second kappa shape index (κ2) is 10.8. The minimum atomic E-state index is -0.989. The predicted molar refractivity (Wildman–Crippen MR) is 111 cm³/mol. The van der Waals surface area contributed by atoms with Crippen molar-refractivity contribution in [3.8, 4) is 0 Å². The van der Waals surface area contributed by atoms with Gasteiger partial charge in [-0.15, -0.1) is 0 Å². The van der Waals surface area contributed by atoms with Crippen molar-refractivity contribution in [2.75, 3.05) is 0 Å². The summed E-state index contributed by atoms with van der Waals surface area (Å²) in [5.74, 6) is -0.989. The lowest BCUT2D eigenvalue weighted by atomic mass is 10.1. The van der Waals surface area contributed by atoms with Gasteiger partial charge in [-0.25, -0.2) is 9.59 Å². The van der Waals surface area contributed by atoms with Crippen LogP contribution in [0.25, 0.3) is 0 Å². The third-order valence-electron chi connectivity index (χ3n) is 4.16. The molecule has 1 unspecified atom stereocenters. The molecule has 0 aromatic heterocycles. The maximum Gasteiger partial charge on any atom is 0.407 e. The standard InChI is InChI=1S/C22H26ClNO5/c1-14(2)29-20(21(25)26)11-16-5-7-17(8-6-16)13-28-22(27)24-12-18-9-4-15(3)10-19(18)23/h4-10,14,20H,11-13H2,1-3H3,(H,24,27)(H,25,26). The van der Waals surface area contributed by atoms with Crippen LogP contribution >= 0.6 is 11.6 Å². The Bertz CT molecular complexity index is 836. The van der Waals surface area contributed by atoms with Crippen molar-refractivity contribution in [3.63, 3.8) is 0 Å². The van der Waals surface area contributed by atoms with Crippen LogP contribution in [0.3, 0.4) is 0 Å². The smallest absolute Gasteiger partial charge is 0.407 e. The number of hydrogen-bond donors (Lipinski definition) is 2. The average Bonchev–Trinajstić information content (AvgIpc) is 2.65. The van der Waals surface area contributed by atoms with Crippen molar-refractivity contribution in [1.82, 2.24) is 5.32 Å². The van der Waals surface area contributed by atoms with E-state index in [1.54, 1.807) is 26.0 Å². The predicted octanol–water partition coefficient (Wildman–Crippen LogP) is 4.50. The second-order valence-corrected chi connectivity index (χ2v) is 7.46. The van der Waals surface area contributed by atoms with Gasteiger partial charge in [0.25, 0.3) is 0 Å². The third-order valence-corrected chi connectivity index (χ3v) is 4.51. The van der Waals surface area contributed by atoms with Crippen LogP contribution in [-0.4, -0.2) is 29.4 Å². The molecule has 0 aliphatic heterocycles. The highest BCUT2D eigenvalue weighted by molar-refractivity contribution is 6.31. The van der Waals surface area contributed by atoms with E-state index in [-0.39, 0.29) is 25.7 Å². The number of carboxylic acids is 1. The summed E-state index contributed by atoms with van der Waals surface area (Å²) >= 11 is 6.15. The Morgan fingerprint density at radius 2 is 1.76 bits per heavy atom. The summed E-state index contributed by atoms with van der Waals surface area (Å²) in [4.78, 5) is 23.2. The largest absolute Gasteiger partial charge is 0.479 e. The fraction of sp³-hybridized carbons (Fsp3) is 0.364. The summed E-state index contributed by atoms with van der Waals surface area (Å²) < 4.78 is 10.6. The minimum absolute atomic E-state index is 0.110. The van der Waals surface area contributed by atoms with Crippen LogP contribution in [0.2, 0.25) is 5.02 Å². The highest BCUT2D eigenvalue weighted by Gasteiger charge is 2.20. The number of amides is 1. The number of carboxylic acid groups (broad SMARTS) is 1. The van der Waals surface area contributed by atoms with Crippen LogP contribution in [-0.2, 0) is 33.8 Å². The summed E-state index contributed by atoms with van der Waals surface area (Å²) in [5, 5.41) is 12.5. The zero-order valence-electron chi connectivity index (χ0n) is 16.8. The molecule has 0 spiro atoms. The lowest BCUT2D eigenvalue weighted by Gasteiger charge is -2.16. The SMILES string of the molecule is Cc1ccc(CNC(=O)OCc2ccc(CC(OC(C)C)C(=O)O)cc2)c(Cl)c1. The van der Waals surface area contributed by atoms with E-state index in [2.05, 4.69) is 5.32 Å². The van der Waals surface area contributed by atoms with E-state index < -0.39 is 18.2 Å². The molecule has 2 rings (SSSR count). The van der Waals surface area contributed by atoms with Gasteiger partial charge in [0.2, 0.25) is 0 Å². The molecule has 6 nitrogen and oxygen atoms in total. The van der Waals surface area contributed by atoms with E-state index in [0.29, 0.717) is 5.02 Å². The number of aryl methyl sites for hydroxylation is 1. The van der Waals surface area contributed by atoms with Gasteiger partial charge >= 0.3 is 12.1 Å². The molecule has 0 aliphatic carbocycles. The monoisotopic (exact) mass is 419 g/mol. The number of rotatable bonds is 9. The van der Waals surface area contributed by atoms with Crippen molar-refractivity contribution < 1.29 is 24.2 Å². The Balaban J connectivity index is 1.81. The Morgan fingerprint density at radius 3 is 2.34 bits per heavy atom. The average molecular weight is 420 g/mol. The number of aliphatic carboxylic acids is 1. The van der Waals surface area contributed by atoms with E-state index in [4.69, 9.17) is 21.1 Å². The van der Waals surface area contributed by atoms with Crippen LogP contribution in [0, 0.1) is 6.92 Å². The number of carbonyl (C=O) groups excluding carboxylic acids is 1. The molecule has 0 heterocycles. The van der Waals surface area contributed by atoms with E-state index in [1.165, 1.54) is 0 Å². The van der Waals surface area contributed by atoms with Gasteiger partial charge in [0.15, 0.2) is 6.10 Å². The van der Waals surface area contributed by atoms with Gasteiger partial charge in [0.05, 0.1) is 6.10 Å². The van der Waals surface area contributed by atoms with Gasteiger partial charge in [-0.3, -0.25) is 0 Å². The number of nitrogens with one attached hydrogen (secondary N) is 1. The number of carbonyl (C=O) groups is 2. The number of alkyl carbamates (subject to hydrolysis) is 1. The molecule has 0 radical (unpaired) electrons. The molecular weight excluding hydrogens is 394 g/mol. The lowest BCUT2D eigenvalue weighted by molar-refractivity contribution is -0.153. The molecule has 0 aliphatic rings. The first-order chi connectivity index (χ1) is 13.7. The number of hydrogen-bond acceptors (Lipinski definition) is 4. The Kier molecular flexibility index (Phi) is 8.49. The van der Waals surface area contributed by atoms with Crippen LogP contribution in [0.4, 0.5) is 4.79 Å². The molecule has 1 atom stereocenters. The molecule has 0 saturated carbocycles. The first kappa shape index (κ1) is 22.7. The molecule has 0 bridgehead atoms. The lowest BCUT2D eigenvalue weighted by Crippen LogP contribution is -2.29. The van der Waals surface area contributed by atoms with Crippen molar-refractivity contribution in [1.29, 1.82) is 0 Å². The first-order valence-electron chi connectivity index (χ1n) is 9.36. The van der Waals surface area contributed by atoms with Gasteiger partial charge in [0, 0.05) is 18.0 Å². The zero-order valence-corrected chi connectivity index (χ0v) is 17.5. The van der Waals surface area contributed by atoms with Gasteiger partial charge < -0.3 is 19.9 Å². The summed E-state index contributed by atoms with van der Waals surface area (Å²) in [6.07, 6.45) is -1.33. The third kappa shape index (κ3) is 7.75. The summed E-state index contributed by atoms with van der Waals surface area (Å²) in [7, 11) is 0. The quantitative estimate of drug-likeness (QED) is 0.625. The highest BCUT2D eigenvalue weighted by atomic mass is 35.5. The molecule has 0 saturated heterocycles. The fourth-order valence-corrected chi connectivity index (χ4v) is 2.97. The van der Waals surface area contributed by atoms with Crippen molar-refractivity contribution in [2.24, 2.45) is 0 Å². The first-order valence-corrected chi connectivity index (χ1v) is 9.74. The molecule has 2 aromatic carbocycles. The van der Waals surface area contributed by atoms with Crippen LogP contribution < -0.4 is 5.32 Å². The molecule has 0 fully saturated rings. The van der Waals surface area contributed by atoms with Gasteiger partial charge in [-0.05, 0) is 49.1 Å². The Hall–Kier alpha value is -2.57. The van der Waals surface area contributed by atoms with Crippen molar-refractivity contribution in [3.05, 3.63) is 69.7 Å². The van der Waals surface area contributed by atoms with E-state index in [9.17, 15) is 14.7 Å². The van der Waals surface area contributed by atoms with E-state index in [0.717, 1.165) is 22.3 Å². The van der Waals surface area contributed by atoms with Gasteiger partial charge in [0.1, 0.15) is 6.61 Å². The Morgan fingerprint density at radius 1 is 1.10 bits per heavy atom. The normalized spacial score (nSPS) is 11.9. The minimum Gasteiger partial charge on any atom is -0.479 e. The van der Waals surface area contributed by atoms with Gasteiger partial charge in [-0.2, -0.15) is 0 Å². The topological polar surface area (TPSA) is 84.9 Å². The van der Waals surface area contributed by atoms with Gasteiger partial charge in [-0.1, -0.05) is 48.0 Å². The van der Waals surface area contributed by atoms with Crippen molar-refractivity contribution in [2.45, 2.75) is 52.6 Å². The summed E-state index contributed by atoms with van der Waals surface area (Å²) in [6, 6.07) is 12.8. The highest BCUT2D eigenvalue weighted by Crippen LogP contribution is 2.17. The maximum absolute atomic E-state index is 11.9. The Labute approximate surface area is 175 Å². The van der Waals surface area contributed by atoms with Crippen LogP contribution in [0.5, 0.6) is 0 Å². The fourth-order valence-electron chi connectivity index (χ4n) is 2.67. The summed E-state index contributed by atoms with van der Waals surface area (Å²) in [5.41, 5.74) is 3.50. The number of benzene rings is 2. The second-order valence-electron chi connectivity index (χ2n) is 7.06. The molecule has 156 valence electrons.